The number of amides is 1. The zero-order chi connectivity index (χ0) is 18.2. The SMILES string of the molecule is Cc1[nH]c2ccc(F)cc2c1CC(=O)N1CCC[C@H](CS(C)(=O)=O)C1. The van der Waals surface area contributed by atoms with Crippen LogP contribution in [0.4, 0.5) is 4.39 Å². The molecule has 0 unspecified atom stereocenters. The highest BCUT2D eigenvalue weighted by Gasteiger charge is 2.27. The number of nitrogens with one attached hydrogen (secondary N) is 1. The van der Waals surface area contributed by atoms with Gasteiger partial charge in [0.2, 0.25) is 5.91 Å². The maximum atomic E-state index is 13.6. The number of carbonyl (C=O) groups is 1. The first-order chi connectivity index (χ1) is 11.7. The third-order valence-electron chi connectivity index (χ3n) is 4.82. The van der Waals surface area contributed by atoms with Gasteiger partial charge in [0.05, 0.1) is 12.2 Å². The molecule has 1 saturated heterocycles. The number of aryl methyl sites for hydroxylation is 1. The number of rotatable bonds is 4. The standard InChI is InChI=1S/C18H23FN2O3S/c1-12-15(16-8-14(19)5-6-17(16)20-12)9-18(22)21-7-3-4-13(10-21)11-25(2,23)24/h5-6,8,13,20H,3-4,7,9-11H2,1-2H3/t13-/m0/s1. The van der Waals surface area contributed by atoms with Crippen LogP contribution in [0.5, 0.6) is 0 Å². The van der Waals surface area contributed by atoms with Crippen molar-refractivity contribution < 1.29 is 17.6 Å². The molecule has 1 atom stereocenters. The largest absolute Gasteiger partial charge is 0.358 e. The smallest absolute Gasteiger partial charge is 0.227 e. The summed E-state index contributed by atoms with van der Waals surface area (Å²) in [4.78, 5) is 17.7. The van der Waals surface area contributed by atoms with Gasteiger partial charge < -0.3 is 9.88 Å². The van der Waals surface area contributed by atoms with Crippen molar-refractivity contribution in [3.8, 4) is 0 Å². The Kier molecular flexibility index (Phi) is 4.86. The van der Waals surface area contributed by atoms with Gasteiger partial charge in [0.1, 0.15) is 15.7 Å². The number of fused-ring (bicyclic) bond motifs is 1. The van der Waals surface area contributed by atoms with E-state index in [1.807, 2.05) is 6.92 Å². The first-order valence-corrected chi connectivity index (χ1v) is 10.5. The number of hydrogen-bond donors (Lipinski definition) is 1. The minimum absolute atomic E-state index is 0.00536. The number of benzene rings is 1. The number of nitrogens with zero attached hydrogens (tertiary/aromatic N) is 1. The molecule has 0 saturated carbocycles. The van der Waals surface area contributed by atoms with Crippen molar-refractivity contribution in [3.05, 3.63) is 35.3 Å². The van der Waals surface area contributed by atoms with Gasteiger partial charge in [-0.1, -0.05) is 0 Å². The number of aromatic amines is 1. The molecule has 2 heterocycles. The lowest BCUT2D eigenvalue weighted by atomic mass is 9.99. The molecule has 1 aliphatic heterocycles. The fraction of sp³-hybridized carbons (Fsp3) is 0.500. The lowest BCUT2D eigenvalue weighted by Crippen LogP contribution is -2.42. The monoisotopic (exact) mass is 366 g/mol. The van der Waals surface area contributed by atoms with Crippen LogP contribution in [-0.2, 0) is 21.1 Å². The number of H-pyrrole nitrogens is 1. The van der Waals surface area contributed by atoms with Gasteiger partial charge in [-0.3, -0.25) is 4.79 Å². The van der Waals surface area contributed by atoms with Crippen molar-refractivity contribution in [3.63, 3.8) is 0 Å². The molecule has 7 heteroatoms. The first-order valence-electron chi connectivity index (χ1n) is 8.45. The van der Waals surface area contributed by atoms with E-state index in [9.17, 15) is 17.6 Å². The maximum Gasteiger partial charge on any atom is 0.227 e. The molecule has 0 spiro atoms. The summed E-state index contributed by atoms with van der Waals surface area (Å²) in [7, 11) is -3.05. The number of hydrogen-bond acceptors (Lipinski definition) is 3. The van der Waals surface area contributed by atoms with Crippen LogP contribution in [0.1, 0.15) is 24.1 Å². The van der Waals surface area contributed by atoms with E-state index >= 15 is 0 Å². The van der Waals surface area contributed by atoms with Crippen LogP contribution in [-0.4, -0.2) is 49.3 Å². The lowest BCUT2D eigenvalue weighted by molar-refractivity contribution is -0.132. The van der Waals surface area contributed by atoms with E-state index in [-0.39, 0.29) is 29.8 Å². The fourth-order valence-corrected chi connectivity index (χ4v) is 4.83. The van der Waals surface area contributed by atoms with Crippen LogP contribution in [0.2, 0.25) is 0 Å². The van der Waals surface area contributed by atoms with Crippen LogP contribution < -0.4 is 0 Å². The molecule has 1 aromatic carbocycles. The molecule has 1 aromatic heterocycles. The van der Waals surface area contributed by atoms with E-state index in [1.54, 1.807) is 11.0 Å². The Morgan fingerprint density at radius 1 is 1.40 bits per heavy atom. The molecule has 0 bridgehead atoms. The Bertz CT molecular complexity index is 904. The number of piperidine rings is 1. The van der Waals surface area contributed by atoms with Crippen molar-refractivity contribution in [1.29, 1.82) is 0 Å². The van der Waals surface area contributed by atoms with Crippen molar-refractivity contribution in [2.45, 2.75) is 26.2 Å². The second-order valence-electron chi connectivity index (χ2n) is 7.04. The highest BCUT2D eigenvalue weighted by molar-refractivity contribution is 7.90. The normalized spacial score (nSPS) is 18.7. The molecule has 1 fully saturated rings. The van der Waals surface area contributed by atoms with Gasteiger partial charge >= 0.3 is 0 Å². The van der Waals surface area contributed by atoms with Crippen molar-refractivity contribution in [2.24, 2.45) is 5.92 Å². The van der Waals surface area contributed by atoms with Crippen LogP contribution in [0.15, 0.2) is 18.2 Å². The van der Waals surface area contributed by atoms with Gasteiger partial charge in [-0.2, -0.15) is 0 Å². The summed E-state index contributed by atoms with van der Waals surface area (Å²) in [6, 6.07) is 4.52. The Morgan fingerprint density at radius 3 is 2.88 bits per heavy atom. The number of likely N-dealkylation sites (tertiary alicyclic amines) is 1. The fourth-order valence-electron chi connectivity index (χ4n) is 3.70. The predicted octanol–water partition coefficient (Wildman–Crippen LogP) is 2.44. The summed E-state index contributed by atoms with van der Waals surface area (Å²) in [5.41, 5.74) is 2.48. The number of sulfone groups is 1. The molecular formula is C18H23FN2O3S. The Labute approximate surface area is 147 Å². The molecule has 1 amide bonds. The first kappa shape index (κ1) is 17.9. The second kappa shape index (κ2) is 6.78. The summed E-state index contributed by atoms with van der Waals surface area (Å²) in [6.45, 7) is 3.00. The average Bonchev–Trinajstić information content (AvgIpc) is 2.81. The zero-order valence-corrected chi connectivity index (χ0v) is 15.3. The Morgan fingerprint density at radius 2 is 2.16 bits per heavy atom. The van der Waals surface area contributed by atoms with Gasteiger partial charge in [-0.25, -0.2) is 12.8 Å². The maximum absolute atomic E-state index is 13.6. The highest BCUT2D eigenvalue weighted by Crippen LogP contribution is 2.25. The molecule has 1 N–H and O–H groups in total. The summed E-state index contributed by atoms with van der Waals surface area (Å²) in [6.07, 6.45) is 3.07. The van der Waals surface area contributed by atoms with Gasteiger partial charge in [0.25, 0.3) is 0 Å². The van der Waals surface area contributed by atoms with Gasteiger partial charge in [0, 0.05) is 35.9 Å². The quantitative estimate of drug-likeness (QED) is 0.903. The van der Waals surface area contributed by atoms with E-state index in [1.165, 1.54) is 18.4 Å². The predicted molar refractivity (Wildman–Crippen MR) is 95.7 cm³/mol. The van der Waals surface area contributed by atoms with Crippen LogP contribution >= 0.6 is 0 Å². The van der Waals surface area contributed by atoms with Crippen molar-refractivity contribution in [1.82, 2.24) is 9.88 Å². The molecule has 0 radical (unpaired) electrons. The van der Waals surface area contributed by atoms with Crippen LogP contribution in [0, 0.1) is 18.7 Å². The van der Waals surface area contributed by atoms with E-state index in [0.717, 1.165) is 35.0 Å². The van der Waals surface area contributed by atoms with Crippen LogP contribution in [0.25, 0.3) is 10.9 Å². The molecule has 25 heavy (non-hydrogen) atoms. The van der Waals surface area contributed by atoms with Gasteiger partial charge in [0.15, 0.2) is 0 Å². The van der Waals surface area contributed by atoms with E-state index in [2.05, 4.69) is 4.98 Å². The molecule has 1 aliphatic rings. The molecular weight excluding hydrogens is 343 g/mol. The molecule has 136 valence electrons. The molecule has 0 aliphatic carbocycles. The summed E-state index contributed by atoms with van der Waals surface area (Å²) in [5.74, 6) is -0.249. The van der Waals surface area contributed by atoms with Gasteiger partial charge in [-0.05, 0) is 49.4 Å². The highest BCUT2D eigenvalue weighted by atomic mass is 32.2. The topological polar surface area (TPSA) is 70.2 Å². The second-order valence-corrected chi connectivity index (χ2v) is 9.22. The van der Waals surface area contributed by atoms with E-state index in [4.69, 9.17) is 0 Å². The van der Waals surface area contributed by atoms with Crippen LogP contribution in [0.3, 0.4) is 0 Å². The Hall–Kier alpha value is -1.89. The summed E-state index contributed by atoms with van der Waals surface area (Å²) >= 11 is 0. The average molecular weight is 366 g/mol. The molecule has 3 rings (SSSR count). The minimum atomic E-state index is -3.05. The summed E-state index contributed by atoms with van der Waals surface area (Å²) < 4.78 is 36.6. The zero-order valence-electron chi connectivity index (χ0n) is 14.5. The third kappa shape index (κ3) is 4.21. The number of carbonyl (C=O) groups excluding carboxylic acids is 1. The minimum Gasteiger partial charge on any atom is -0.358 e. The number of halogens is 1. The van der Waals surface area contributed by atoms with Crippen molar-refractivity contribution >= 4 is 26.6 Å². The number of aromatic nitrogens is 1. The lowest BCUT2D eigenvalue weighted by Gasteiger charge is -2.32. The van der Waals surface area contributed by atoms with Crippen molar-refractivity contribution in [2.75, 3.05) is 25.1 Å². The van der Waals surface area contributed by atoms with E-state index in [0.29, 0.717) is 13.1 Å². The van der Waals surface area contributed by atoms with Gasteiger partial charge in [-0.15, -0.1) is 0 Å². The Balaban J connectivity index is 1.76. The van der Waals surface area contributed by atoms with E-state index < -0.39 is 9.84 Å². The molecule has 5 nitrogen and oxygen atoms in total. The molecule has 2 aromatic rings. The summed E-state index contributed by atoms with van der Waals surface area (Å²) in [5, 5.41) is 0.732. The third-order valence-corrected chi connectivity index (χ3v) is 5.90.